The molecule has 1 amide bonds. The molecule has 4 heteroatoms. The number of halogens is 1. The monoisotopic (exact) mass is 314 g/mol. The van der Waals surface area contributed by atoms with Crippen molar-refractivity contribution < 1.29 is 4.79 Å². The molecule has 1 aliphatic heterocycles. The van der Waals surface area contributed by atoms with Gasteiger partial charge in [-0.25, -0.2) is 0 Å². The third kappa shape index (κ3) is 3.30. The van der Waals surface area contributed by atoms with Crippen LogP contribution in [0.4, 0.5) is 0 Å². The van der Waals surface area contributed by atoms with Crippen LogP contribution in [0.5, 0.6) is 0 Å². The average Bonchev–Trinajstić information content (AvgIpc) is 2.67. The minimum Gasteiger partial charge on any atom is -0.334 e. The Labute approximate surface area is 135 Å². The van der Waals surface area contributed by atoms with Crippen molar-refractivity contribution >= 4 is 17.5 Å². The first kappa shape index (κ1) is 15.0. The molecule has 1 unspecified atom stereocenters. The third-order valence-corrected chi connectivity index (χ3v) is 4.32. The SMILES string of the molecule is O=C1c2cccnc2CC(CCCl)CN1Cc1ccccc1. The van der Waals surface area contributed by atoms with Crippen molar-refractivity contribution in [3.63, 3.8) is 0 Å². The first-order valence-corrected chi connectivity index (χ1v) is 8.14. The minimum atomic E-state index is 0.0732. The molecule has 1 aromatic heterocycles. The third-order valence-electron chi connectivity index (χ3n) is 4.10. The lowest BCUT2D eigenvalue weighted by Gasteiger charge is -2.24. The van der Waals surface area contributed by atoms with E-state index in [2.05, 4.69) is 17.1 Å². The number of aromatic nitrogens is 1. The van der Waals surface area contributed by atoms with E-state index in [4.69, 9.17) is 11.6 Å². The van der Waals surface area contributed by atoms with E-state index in [0.29, 0.717) is 18.3 Å². The van der Waals surface area contributed by atoms with Crippen molar-refractivity contribution in [2.75, 3.05) is 12.4 Å². The van der Waals surface area contributed by atoms with Crippen LogP contribution in [0.15, 0.2) is 48.7 Å². The number of alkyl halides is 1. The highest BCUT2D eigenvalue weighted by atomic mass is 35.5. The zero-order chi connectivity index (χ0) is 15.4. The van der Waals surface area contributed by atoms with Crippen LogP contribution < -0.4 is 0 Å². The molecule has 1 aliphatic rings. The molecule has 22 heavy (non-hydrogen) atoms. The lowest BCUT2D eigenvalue weighted by molar-refractivity contribution is 0.0725. The number of amides is 1. The van der Waals surface area contributed by atoms with E-state index in [1.54, 1.807) is 6.20 Å². The smallest absolute Gasteiger partial charge is 0.256 e. The van der Waals surface area contributed by atoms with Crippen molar-refractivity contribution in [3.8, 4) is 0 Å². The summed E-state index contributed by atoms with van der Waals surface area (Å²) in [6.07, 6.45) is 3.48. The van der Waals surface area contributed by atoms with Crippen LogP contribution >= 0.6 is 11.6 Å². The van der Waals surface area contributed by atoms with Crippen LogP contribution in [-0.4, -0.2) is 28.2 Å². The van der Waals surface area contributed by atoms with E-state index in [1.165, 1.54) is 0 Å². The van der Waals surface area contributed by atoms with Crippen molar-refractivity contribution in [3.05, 3.63) is 65.5 Å². The Bertz CT molecular complexity index is 645. The van der Waals surface area contributed by atoms with E-state index >= 15 is 0 Å². The summed E-state index contributed by atoms with van der Waals surface area (Å²) < 4.78 is 0. The van der Waals surface area contributed by atoms with Gasteiger partial charge in [0, 0.05) is 25.2 Å². The first-order valence-electron chi connectivity index (χ1n) is 7.61. The zero-order valence-corrected chi connectivity index (χ0v) is 13.2. The number of hydrogen-bond donors (Lipinski definition) is 0. The maximum atomic E-state index is 12.8. The van der Waals surface area contributed by atoms with E-state index in [0.717, 1.165) is 36.2 Å². The zero-order valence-electron chi connectivity index (χ0n) is 12.4. The fraction of sp³-hybridized carbons (Fsp3) is 0.333. The molecule has 0 saturated carbocycles. The molecule has 0 radical (unpaired) electrons. The van der Waals surface area contributed by atoms with E-state index in [1.807, 2.05) is 35.2 Å². The van der Waals surface area contributed by atoms with Gasteiger partial charge in [0.1, 0.15) is 0 Å². The number of benzene rings is 1. The maximum Gasteiger partial charge on any atom is 0.256 e. The number of carbonyl (C=O) groups is 1. The van der Waals surface area contributed by atoms with Gasteiger partial charge in [0.25, 0.3) is 5.91 Å². The molecule has 2 heterocycles. The number of fused-ring (bicyclic) bond motifs is 1. The highest BCUT2D eigenvalue weighted by Gasteiger charge is 2.28. The average molecular weight is 315 g/mol. The minimum absolute atomic E-state index is 0.0732. The van der Waals surface area contributed by atoms with Gasteiger partial charge in [0.15, 0.2) is 0 Å². The molecule has 1 atom stereocenters. The molecule has 0 saturated heterocycles. The van der Waals surface area contributed by atoms with Gasteiger partial charge in [-0.2, -0.15) is 0 Å². The van der Waals surface area contributed by atoms with Crippen LogP contribution in [0.1, 0.15) is 28.0 Å². The summed E-state index contributed by atoms with van der Waals surface area (Å²) in [5.74, 6) is 1.05. The molecule has 0 N–H and O–H groups in total. The van der Waals surface area contributed by atoms with Gasteiger partial charge < -0.3 is 4.90 Å². The molecule has 114 valence electrons. The second-order valence-corrected chi connectivity index (χ2v) is 6.09. The predicted octanol–water partition coefficient (Wildman–Crippen LogP) is 3.53. The van der Waals surface area contributed by atoms with Crippen LogP contribution in [0, 0.1) is 5.92 Å². The fourth-order valence-corrected chi connectivity index (χ4v) is 3.29. The Balaban J connectivity index is 1.90. The fourth-order valence-electron chi connectivity index (χ4n) is 2.99. The number of carbonyl (C=O) groups excluding carboxylic acids is 1. The van der Waals surface area contributed by atoms with Gasteiger partial charge >= 0.3 is 0 Å². The van der Waals surface area contributed by atoms with Gasteiger partial charge in [-0.3, -0.25) is 9.78 Å². The summed E-state index contributed by atoms with van der Waals surface area (Å²) >= 11 is 5.94. The summed E-state index contributed by atoms with van der Waals surface area (Å²) in [6.45, 7) is 1.36. The quantitative estimate of drug-likeness (QED) is 0.809. The van der Waals surface area contributed by atoms with Gasteiger partial charge in [0.05, 0.1) is 11.3 Å². The Hall–Kier alpha value is -1.87. The van der Waals surface area contributed by atoms with Crippen molar-refractivity contribution in [2.45, 2.75) is 19.4 Å². The van der Waals surface area contributed by atoms with Gasteiger partial charge in [-0.15, -0.1) is 11.6 Å². The molecule has 0 aliphatic carbocycles. The Morgan fingerprint density at radius 2 is 2.00 bits per heavy atom. The van der Waals surface area contributed by atoms with Gasteiger partial charge in [0.2, 0.25) is 0 Å². The van der Waals surface area contributed by atoms with E-state index < -0.39 is 0 Å². The first-order chi connectivity index (χ1) is 10.8. The van der Waals surface area contributed by atoms with Crippen molar-refractivity contribution in [2.24, 2.45) is 5.92 Å². The molecule has 2 aromatic rings. The van der Waals surface area contributed by atoms with Crippen molar-refractivity contribution in [1.82, 2.24) is 9.88 Å². The molecule has 0 bridgehead atoms. The number of nitrogens with zero attached hydrogens (tertiary/aromatic N) is 2. The largest absolute Gasteiger partial charge is 0.334 e. The van der Waals surface area contributed by atoms with E-state index in [-0.39, 0.29) is 5.91 Å². The highest BCUT2D eigenvalue weighted by molar-refractivity contribution is 6.17. The second-order valence-electron chi connectivity index (χ2n) is 5.72. The molecule has 0 spiro atoms. The van der Waals surface area contributed by atoms with Crippen LogP contribution in [0.25, 0.3) is 0 Å². The lowest BCUT2D eigenvalue weighted by atomic mass is 9.99. The molecule has 3 rings (SSSR count). The van der Waals surface area contributed by atoms with E-state index in [9.17, 15) is 4.79 Å². The Morgan fingerprint density at radius 1 is 1.18 bits per heavy atom. The van der Waals surface area contributed by atoms with Crippen LogP contribution in [0.3, 0.4) is 0 Å². The number of rotatable bonds is 4. The Kier molecular flexibility index (Phi) is 4.74. The van der Waals surface area contributed by atoms with Crippen LogP contribution in [-0.2, 0) is 13.0 Å². The van der Waals surface area contributed by atoms with Crippen molar-refractivity contribution in [1.29, 1.82) is 0 Å². The molecule has 1 aromatic carbocycles. The summed E-state index contributed by atoms with van der Waals surface area (Å²) in [5.41, 5.74) is 2.78. The molecule has 3 nitrogen and oxygen atoms in total. The van der Waals surface area contributed by atoms with Gasteiger partial charge in [-0.05, 0) is 36.5 Å². The molecular formula is C18H19ClN2O. The maximum absolute atomic E-state index is 12.8. The molecule has 0 fully saturated rings. The summed E-state index contributed by atoms with van der Waals surface area (Å²) in [5, 5.41) is 0. The number of hydrogen-bond acceptors (Lipinski definition) is 2. The summed E-state index contributed by atoms with van der Waals surface area (Å²) in [6, 6.07) is 13.8. The second kappa shape index (κ2) is 6.93. The Morgan fingerprint density at radius 3 is 2.77 bits per heavy atom. The predicted molar refractivity (Wildman–Crippen MR) is 88.0 cm³/mol. The summed E-state index contributed by atoms with van der Waals surface area (Å²) in [4.78, 5) is 19.2. The van der Waals surface area contributed by atoms with Crippen LogP contribution in [0.2, 0.25) is 0 Å². The normalized spacial score (nSPS) is 18.0. The summed E-state index contributed by atoms with van der Waals surface area (Å²) in [7, 11) is 0. The lowest BCUT2D eigenvalue weighted by Crippen LogP contribution is -2.33. The topological polar surface area (TPSA) is 33.2 Å². The standard InChI is InChI=1S/C18H19ClN2O/c19-9-8-15-11-17-16(7-4-10-20-17)18(22)21(13-15)12-14-5-2-1-3-6-14/h1-7,10,15H,8-9,11-13H2. The van der Waals surface area contributed by atoms with Gasteiger partial charge in [-0.1, -0.05) is 30.3 Å². The number of pyridine rings is 1. The highest BCUT2D eigenvalue weighted by Crippen LogP contribution is 2.24. The molecular weight excluding hydrogens is 296 g/mol.